The van der Waals surface area contributed by atoms with Gasteiger partial charge >= 0.3 is 0 Å². The van der Waals surface area contributed by atoms with Gasteiger partial charge in [0.1, 0.15) is 0 Å². The molecule has 112 valence electrons. The molecule has 21 heavy (non-hydrogen) atoms. The van der Waals surface area contributed by atoms with Gasteiger partial charge in [-0.25, -0.2) is 4.98 Å². The number of morpholine rings is 1. The molecule has 0 aliphatic carbocycles. The van der Waals surface area contributed by atoms with Gasteiger partial charge in [-0.1, -0.05) is 22.9 Å². The number of hydrogen-bond acceptors (Lipinski definition) is 5. The number of nitrogens with one attached hydrogen (secondary N) is 1. The average molecular weight is 324 g/mol. The minimum absolute atomic E-state index is 0.259. The zero-order valence-electron chi connectivity index (χ0n) is 11.7. The van der Waals surface area contributed by atoms with Crippen LogP contribution in [0.25, 0.3) is 10.2 Å². The predicted octanol–water partition coefficient (Wildman–Crippen LogP) is 3.22. The predicted molar refractivity (Wildman–Crippen MR) is 87.5 cm³/mol. The minimum atomic E-state index is 0.259. The van der Waals surface area contributed by atoms with Crippen LogP contribution in [0.4, 0.5) is 5.13 Å². The molecule has 0 saturated carbocycles. The van der Waals surface area contributed by atoms with Crippen molar-refractivity contribution in [2.45, 2.75) is 25.0 Å². The highest BCUT2D eigenvalue weighted by Crippen LogP contribution is 2.28. The largest absolute Gasteiger partial charge is 0.373 e. The number of anilines is 1. The van der Waals surface area contributed by atoms with Crippen molar-refractivity contribution in [2.75, 3.05) is 31.6 Å². The van der Waals surface area contributed by atoms with Gasteiger partial charge in [0, 0.05) is 24.2 Å². The highest BCUT2D eigenvalue weighted by atomic mass is 35.5. The van der Waals surface area contributed by atoms with Crippen molar-refractivity contribution >= 4 is 38.3 Å². The number of ether oxygens (including phenoxy) is 1. The Morgan fingerprint density at radius 2 is 2.43 bits per heavy atom. The van der Waals surface area contributed by atoms with Crippen molar-refractivity contribution in [3.05, 3.63) is 23.2 Å². The maximum absolute atomic E-state index is 6.00. The summed E-state index contributed by atoms with van der Waals surface area (Å²) in [4.78, 5) is 7.14. The molecule has 0 radical (unpaired) electrons. The lowest BCUT2D eigenvalue weighted by Gasteiger charge is -2.35. The maximum Gasteiger partial charge on any atom is 0.183 e. The first-order valence-electron chi connectivity index (χ1n) is 7.43. The van der Waals surface area contributed by atoms with Crippen LogP contribution in [0.1, 0.15) is 12.8 Å². The normalized spacial score (nSPS) is 26.1. The van der Waals surface area contributed by atoms with Crippen LogP contribution in [0.15, 0.2) is 18.2 Å². The third-order valence-electron chi connectivity index (χ3n) is 4.29. The molecule has 1 aromatic carbocycles. The third kappa shape index (κ3) is 2.88. The van der Waals surface area contributed by atoms with Gasteiger partial charge in [0.05, 0.1) is 22.9 Å². The molecule has 1 aromatic heterocycles. The molecular weight excluding hydrogens is 306 g/mol. The van der Waals surface area contributed by atoms with E-state index in [0.717, 1.165) is 40.1 Å². The van der Waals surface area contributed by atoms with Crippen molar-refractivity contribution < 1.29 is 4.74 Å². The molecule has 6 heteroatoms. The van der Waals surface area contributed by atoms with Crippen LogP contribution in [-0.4, -0.2) is 48.3 Å². The first kappa shape index (κ1) is 13.8. The van der Waals surface area contributed by atoms with Crippen LogP contribution in [-0.2, 0) is 4.74 Å². The van der Waals surface area contributed by atoms with Gasteiger partial charge in [0.15, 0.2) is 5.13 Å². The van der Waals surface area contributed by atoms with Crippen LogP contribution in [0.5, 0.6) is 0 Å². The van der Waals surface area contributed by atoms with Crippen LogP contribution < -0.4 is 5.32 Å². The Labute approximate surface area is 133 Å². The second-order valence-corrected chi connectivity index (χ2v) is 7.23. The van der Waals surface area contributed by atoms with E-state index in [4.69, 9.17) is 16.3 Å². The van der Waals surface area contributed by atoms with E-state index in [1.165, 1.54) is 19.4 Å². The van der Waals surface area contributed by atoms with E-state index in [-0.39, 0.29) is 6.10 Å². The van der Waals surface area contributed by atoms with E-state index in [0.29, 0.717) is 6.04 Å². The van der Waals surface area contributed by atoms with E-state index < -0.39 is 0 Å². The van der Waals surface area contributed by atoms with Crippen molar-refractivity contribution in [1.82, 2.24) is 9.88 Å². The molecule has 0 spiro atoms. The number of rotatable bonds is 3. The number of hydrogen-bond donors (Lipinski definition) is 1. The van der Waals surface area contributed by atoms with Crippen molar-refractivity contribution in [3.8, 4) is 0 Å². The number of benzene rings is 1. The lowest BCUT2D eigenvalue weighted by atomic mass is 10.2. The fourth-order valence-corrected chi connectivity index (χ4v) is 4.21. The van der Waals surface area contributed by atoms with Gasteiger partial charge in [0.2, 0.25) is 0 Å². The van der Waals surface area contributed by atoms with E-state index in [9.17, 15) is 0 Å². The zero-order chi connectivity index (χ0) is 14.2. The number of nitrogens with zero attached hydrogens (tertiary/aromatic N) is 2. The number of thiazole rings is 1. The van der Waals surface area contributed by atoms with Crippen LogP contribution >= 0.6 is 22.9 Å². The highest BCUT2D eigenvalue weighted by Gasteiger charge is 2.32. The summed E-state index contributed by atoms with van der Waals surface area (Å²) in [5.74, 6) is 0. The quantitative estimate of drug-likeness (QED) is 0.941. The Hall–Kier alpha value is -0.880. The van der Waals surface area contributed by atoms with E-state index in [1.54, 1.807) is 11.3 Å². The van der Waals surface area contributed by atoms with Crippen molar-refractivity contribution in [3.63, 3.8) is 0 Å². The fraction of sp³-hybridized carbons (Fsp3) is 0.533. The molecule has 2 aliphatic rings. The second-order valence-electron chi connectivity index (χ2n) is 5.76. The number of halogens is 1. The summed E-state index contributed by atoms with van der Waals surface area (Å²) in [5, 5.41) is 5.09. The van der Waals surface area contributed by atoms with E-state index in [2.05, 4.69) is 15.2 Å². The number of aromatic nitrogens is 1. The van der Waals surface area contributed by atoms with Crippen molar-refractivity contribution in [2.24, 2.45) is 0 Å². The molecule has 0 amide bonds. The molecule has 4 rings (SSSR count). The summed E-state index contributed by atoms with van der Waals surface area (Å²) in [7, 11) is 0. The van der Waals surface area contributed by atoms with Crippen LogP contribution in [0.3, 0.4) is 0 Å². The Morgan fingerprint density at radius 1 is 1.48 bits per heavy atom. The highest BCUT2D eigenvalue weighted by molar-refractivity contribution is 7.22. The Bertz CT molecular complexity index is 647. The first-order valence-corrected chi connectivity index (χ1v) is 8.63. The lowest BCUT2D eigenvalue weighted by Crippen LogP contribution is -2.48. The summed E-state index contributed by atoms with van der Waals surface area (Å²) in [6.07, 6.45) is 2.86. The molecular formula is C15H18ClN3OS. The maximum atomic E-state index is 6.00. The Morgan fingerprint density at radius 3 is 3.38 bits per heavy atom. The first-order chi connectivity index (χ1) is 10.3. The van der Waals surface area contributed by atoms with E-state index in [1.807, 2.05) is 18.2 Å². The van der Waals surface area contributed by atoms with Gasteiger partial charge in [-0.15, -0.1) is 0 Å². The van der Waals surface area contributed by atoms with Crippen LogP contribution in [0, 0.1) is 0 Å². The molecule has 3 heterocycles. The van der Waals surface area contributed by atoms with Gasteiger partial charge in [0.25, 0.3) is 0 Å². The molecule has 2 unspecified atom stereocenters. The number of fused-ring (bicyclic) bond motifs is 2. The summed E-state index contributed by atoms with van der Waals surface area (Å²) >= 11 is 7.66. The standard InChI is InChI=1S/C15H18ClN3OS/c16-10-3-4-14-13(6-10)18-15(21-14)17-7-12-8-19-5-1-2-11(19)9-20-12/h3-4,6,11-12H,1-2,5,7-9H2,(H,17,18). The molecule has 2 aliphatic heterocycles. The average Bonchev–Trinajstić information content (AvgIpc) is 3.09. The third-order valence-corrected chi connectivity index (χ3v) is 5.52. The SMILES string of the molecule is Clc1ccc2sc(NCC3CN4CCCC4CO3)nc2c1. The Balaban J connectivity index is 1.39. The molecule has 0 bridgehead atoms. The molecule has 2 fully saturated rings. The zero-order valence-corrected chi connectivity index (χ0v) is 13.3. The van der Waals surface area contributed by atoms with Gasteiger partial charge in [-0.2, -0.15) is 0 Å². The Kier molecular flexibility index (Phi) is 3.75. The lowest BCUT2D eigenvalue weighted by molar-refractivity contribution is -0.0415. The molecule has 2 saturated heterocycles. The molecule has 2 aromatic rings. The summed E-state index contributed by atoms with van der Waals surface area (Å²) in [6.45, 7) is 3.96. The summed E-state index contributed by atoms with van der Waals surface area (Å²) < 4.78 is 7.12. The minimum Gasteiger partial charge on any atom is -0.373 e. The monoisotopic (exact) mass is 323 g/mol. The molecule has 2 atom stereocenters. The summed E-state index contributed by atoms with van der Waals surface area (Å²) in [6, 6.07) is 6.49. The smallest absolute Gasteiger partial charge is 0.183 e. The van der Waals surface area contributed by atoms with E-state index >= 15 is 0 Å². The summed E-state index contributed by atoms with van der Waals surface area (Å²) in [5.41, 5.74) is 0.958. The van der Waals surface area contributed by atoms with Gasteiger partial charge in [-0.05, 0) is 37.6 Å². The van der Waals surface area contributed by atoms with Crippen molar-refractivity contribution in [1.29, 1.82) is 0 Å². The topological polar surface area (TPSA) is 37.4 Å². The van der Waals surface area contributed by atoms with Gasteiger partial charge in [-0.3, -0.25) is 4.90 Å². The fourth-order valence-electron chi connectivity index (χ4n) is 3.19. The second kappa shape index (κ2) is 5.72. The van der Waals surface area contributed by atoms with Crippen LogP contribution in [0.2, 0.25) is 5.02 Å². The van der Waals surface area contributed by atoms with Gasteiger partial charge < -0.3 is 10.1 Å². The molecule has 1 N–H and O–H groups in total. The molecule has 4 nitrogen and oxygen atoms in total.